The highest BCUT2D eigenvalue weighted by molar-refractivity contribution is 6.37. The van der Waals surface area contributed by atoms with Gasteiger partial charge in [-0.3, -0.25) is 5.01 Å². The Hall–Kier alpha value is -5.00. The zero-order valence-electron chi connectivity index (χ0n) is 23.9. The van der Waals surface area contributed by atoms with Crippen molar-refractivity contribution in [2.75, 3.05) is 18.2 Å². The third-order valence-corrected chi connectivity index (χ3v) is 6.03. The Balaban J connectivity index is 1.88. The van der Waals surface area contributed by atoms with Crippen molar-refractivity contribution < 1.29 is 38.1 Å². The Morgan fingerprint density at radius 2 is 1.83 bits per heavy atom. The molecule has 3 atom stereocenters. The number of anilines is 1. The standard InChI is InChI=1S/C30H33N4O8/c1-6-19(4)41-29(37)22-14-10-12-16-25(22)34-26(17-24(33-34)30(38)40-8-3)20(5)42-28(36)21-13-9-11-15-23(21)32-31-18-27(35)39-7-2/h6,9-16,18-20,26H,1,7-8,17H2,2-5H3/q+1/b31-18?,32-23+/t19?,20-,26-/m1/s1. The monoisotopic (exact) mass is 577 g/mol. The van der Waals surface area contributed by atoms with E-state index >= 15 is 0 Å². The molecule has 42 heavy (non-hydrogen) atoms. The first-order valence-corrected chi connectivity index (χ1v) is 13.4. The van der Waals surface area contributed by atoms with Crippen molar-refractivity contribution in [1.29, 1.82) is 0 Å². The summed E-state index contributed by atoms with van der Waals surface area (Å²) in [5, 5.41) is 13.6. The fourth-order valence-electron chi connectivity index (χ4n) is 3.95. The molecule has 1 aliphatic heterocycles. The number of allylic oxidation sites excluding steroid dienone is 3. The predicted octanol–water partition coefficient (Wildman–Crippen LogP) is 3.54. The molecular formula is C30H33N4O8+. The number of hydrogen-bond acceptors (Lipinski definition) is 12. The normalized spacial score (nSPS) is 18.4. The molecule has 2 aliphatic rings. The predicted molar refractivity (Wildman–Crippen MR) is 156 cm³/mol. The second kappa shape index (κ2) is 15.1. The first kappa shape index (κ1) is 31.5. The number of esters is 4. The number of hydrogen-bond donors (Lipinski definition) is 0. The molecule has 0 spiro atoms. The van der Waals surface area contributed by atoms with E-state index in [-0.39, 0.29) is 42.2 Å². The van der Waals surface area contributed by atoms with Gasteiger partial charge in [0.2, 0.25) is 5.71 Å². The fourth-order valence-corrected chi connectivity index (χ4v) is 3.95. The highest BCUT2D eigenvalue weighted by Crippen LogP contribution is 2.32. The molecule has 1 aliphatic carbocycles. The molecular weight excluding hydrogens is 544 g/mol. The van der Waals surface area contributed by atoms with Crippen LogP contribution in [0.4, 0.5) is 5.69 Å². The highest BCUT2D eigenvalue weighted by Gasteiger charge is 2.40. The van der Waals surface area contributed by atoms with Gasteiger partial charge in [0.15, 0.2) is 5.57 Å². The molecule has 0 amide bonds. The SMILES string of the molecule is C=CC(C)OC(=O)c1ccccc1N1N=C(C(=O)OCC)C[C@@H]1[C@@H](C)OC(=O)C1=C[CH+]C=C/C1=N\N=CC(=O)OCC. The zero-order valence-corrected chi connectivity index (χ0v) is 23.9. The second-order valence-electron chi connectivity index (χ2n) is 8.97. The molecule has 0 fully saturated rings. The lowest BCUT2D eigenvalue weighted by atomic mass is 10.0. The molecule has 0 radical (unpaired) electrons. The summed E-state index contributed by atoms with van der Waals surface area (Å²) in [6, 6.07) is 5.94. The molecule has 0 bridgehead atoms. The summed E-state index contributed by atoms with van der Waals surface area (Å²) >= 11 is 0. The number of carbonyl (C=O) groups excluding carboxylic acids is 4. The van der Waals surface area contributed by atoms with Crippen molar-refractivity contribution in [3.05, 3.63) is 72.7 Å². The van der Waals surface area contributed by atoms with Crippen LogP contribution in [0.15, 0.2) is 76.0 Å². The Morgan fingerprint density at radius 3 is 2.55 bits per heavy atom. The first-order valence-electron chi connectivity index (χ1n) is 13.4. The van der Waals surface area contributed by atoms with Crippen molar-refractivity contribution in [2.45, 2.75) is 52.4 Å². The van der Waals surface area contributed by atoms with Gasteiger partial charge in [0.25, 0.3) is 0 Å². The van der Waals surface area contributed by atoms with Crippen LogP contribution in [0.25, 0.3) is 0 Å². The molecule has 0 saturated carbocycles. The molecule has 0 aromatic heterocycles. The molecule has 220 valence electrons. The third kappa shape index (κ3) is 8.03. The lowest BCUT2D eigenvalue weighted by Gasteiger charge is -2.29. The number of hydrazone groups is 1. The van der Waals surface area contributed by atoms with Gasteiger partial charge in [0.1, 0.15) is 24.1 Å². The summed E-state index contributed by atoms with van der Waals surface area (Å²) < 4.78 is 21.2. The molecule has 1 unspecified atom stereocenters. The van der Waals surface area contributed by atoms with E-state index in [0.717, 1.165) is 6.21 Å². The minimum absolute atomic E-state index is 0.0789. The highest BCUT2D eigenvalue weighted by atomic mass is 16.6. The van der Waals surface area contributed by atoms with Crippen LogP contribution < -0.4 is 5.01 Å². The van der Waals surface area contributed by atoms with E-state index in [1.54, 1.807) is 70.5 Å². The van der Waals surface area contributed by atoms with Crippen LogP contribution in [0.1, 0.15) is 44.5 Å². The number of nitrogens with zero attached hydrogens (tertiary/aromatic N) is 4. The van der Waals surface area contributed by atoms with Crippen molar-refractivity contribution in [2.24, 2.45) is 15.3 Å². The maximum Gasteiger partial charge on any atom is 0.398 e. The van der Waals surface area contributed by atoms with Gasteiger partial charge in [-0.05, 0) is 39.8 Å². The number of rotatable bonds is 12. The Kier molecular flexibility index (Phi) is 11.4. The van der Waals surface area contributed by atoms with E-state index in [1.807, 2.05) is 0 Å². The molecule has 12 heteroatoms. The fraction of sp³-hybridized carbons (Fsp3) is 0.333. The van der Waals surface area contributed by atoms with Crippen molar-refractivity contribution in [1.82, 2.24) is 0 Å². The molecule has 1 aromatic rings. The quantitative estimate of drug-likeness (QED) is 0.0909. The van der Waals surface area contributed by atoms with Crippen molar-refractivity contribution in [3.8, 4) is 0 Å². The van der Waals surface area contributed by atoms with Gasteiger partial charge in [0, 0.05) is 12.8 Å². The summed E-state index contributed by atoms with van der Waals surface area (Å²) in [6.45, 7) is 10.6. The Labute approximate surface area is 244 Å². The maximum absolute atomic E-state index is 13.3. The minimum atomic E-state index is -0.833. The first-order chi connectivity index (χ1) is 20.2. The molecule has 1 heterocycles. The van der Waals surface area contributed by atoms with Crippen LogP contribution >= 0.6 is 0 Å². The number of benzene rings is 1. The van der Waals surface area contributed by atoms with E-state index in [2.05, 4.69) is 21.9 Å². The van der Waals surface area contributed by atoms with Gasteiger partial charge >= 0.3 is 23.9 Å². The summed E-state index contributed by atoms with van der Waals surface area (Å²) in [5.74, 6) is -2.62. The average molecular weight is 578 g/mol. The largest absolute Gasteiger partial charge is 0.462 e. The van der Waals surface area contributed by atoms with Crippen LogP contribution in [0, 0.1) is 6.42 Å². The number of carbonyl (C=O) groups is 4. The van der Waals surface area contributed by atoms with Gasteiger partial charge in [0.05, 0.1) is 48.7 Å². The van der Waals surface area contributed by atoms with Crippen LogP contribution in [0.5, 0.6) is 0 Å². The van der Waals surface area contributed by atoms with Crippen LogP contribution in [-0.2, 0) is 33.3 Å². The Bertz CT molecular complexity index is 1360. The molecule has 12 nitrogen and oxygen atoms in total. The topological polar surface area (TPSA) is 146 Å². The van der Waals surface area contributed by atoms with Gasteiger partial charge in [-0.1, -0.05) is 24.8 Å². The lowest BCUT2D eigenvalue weighted by molar-refractivity contribution is -0.143. The third-order valence-electron chi connectivity index (χ3n) is 6.03. The Morgan fingerprint density at radius 1 is 1.10 bits per heavy atom. The van der Waals surface area contributed by atoms with Crippen molar-refractivity contribution >= 4 is 47.2 Å². The average Bonchev–Trinajstić information content (AvgIpc) is 3.43. The van der Waals surface area contributed by atoms with Crippen LogP contribution in [0.3, 0.4) is 0 Å². The zero-order chi connectivity index (χ0) is 30.6. The summed E-state index contributed by atoms with van der Waals surface area (Å²) in [6.07, 6.45) is 7.43. The van der Waals surface area contributed by atoms with Crippen LogP contribution in [-0.4, -0.2) is 73.0 Å². The maximum atomic E-state index is 13.3. The van der Waals surface area contributed by atoms with Gasteiger partial charge in [-0.2, -0.15) is 5.10 Å². The van der Waals surface area contributed by atoms with Crippen LogP contribution in [0.2, 0.25) is 0 Å². The van der Waals surface area contributed by atoms with Gasteiger partial charge in [-0.25, -0.2) is 19.2 Å². The summed E-state index contributed by atoms with van der Waals surface area (Å²) in [4.78, 5) is 50.4. The summed E-state index contributed by atoms with van der Waals surface area (Å²) in [7, 11) is 0. The number of para-hydroxylation sites is 1. The second-order valence-corrected chi connectivity index (χ2v) is 8.97. The van der Waals surface area contributed by atoms with E-state index in [0.29, 0.717) is 5.69 Å². The van der Waals surface area contributed by atoms with E-state index in [9.17, 15) is 19.2 Å². The lowest BCUT2D eigenvalue weighted by Crippen LogP contribution is -2.40. The van der Waals surface area contributed by atoms with Gasteiger partial charge < -0.3 is 18.9 Å². The molecule has 3 rings (SSSR count). The van der Waals surface area contributed by atoms with E-state index in [4.69, 9.17) is 18.9 Å². The summed E-state index contributed by atoms with van der Waals surface area (Å²) in [5.41, 5.74) is 0.938. The smallest absolute Gasteiger partial charge is 0.398 e. The molecule has 0 saturated heterocycles. The minimum Gasteiger partial charge on any atom is -0.462 e. The van der Waals surface area contributed by atoms with Gasteiger partial charge in [-0.15, -0.1) is 10.2 Å². The van der Waals surface area contributed by atoms with Crippen molar-refractivity contribution in [3.63, 3.8) is 0 Å². The molecule has 0 N–H and O–H groups in total. The van der Waals surface area contributed by atoms with E-state index < -0.39 is 42.1 Å². The van der Waals surface area contributed by atoms with E-state index in [1.165, 1.54) is 17.2 Å². The molecule has 1 aromatic carbocycles. The number of ether oxygens (including phenoxy) is 4.